The Labute approximate surface area is 157 Å². The van der Waals surface area contributed by atoms with E-state index in [1.165, 1.54) is 11.3 Å². The molecule has 3 aromatic rings. The molecule has 1 aliphatic heterocycles. The second-order valence-electron chi connectivity index (χ2n) is 6.83. The van der Waals surface area contributed by atoms with Crippen LogP contribution in [0.5, 0.6) is 0 Å². The Kier molecular flexibility index (Phi) is 3.48. The van der Waals surface area contributed by atoms with Gasteiger partial charge < -0.3 is 5.32 Å². The van der Waals surface area contributed by atoms with Crippen LogP contribution < -0.4 is 15.9 Å². The minimum absolute atomic E-state index is 0.247. The largest absolute Gasteiger partial charge is 0.302 e. The monoisotopic (exact) mass is 379 g/mol. The van der Waals surface area contributed by atoms with Gasteiger partial charge in [0.1, 0.15) is 6.17 Å². The molecule has 2 aliphatic rings. The number of nitrogens with one attached hydrogen (secondary N) is 1. The summed E-state index contributed by atoms with van der Waals surface area (Å²) < 4.78 is 14.0. The summed E-state index contributed by atoms with van der Waals surface area (Å²) in [6.07, 6.45) is 0.815. The third-order valence-electron chi connectivity index (χ3n) is 4.89. The smallest absolute Gasteiger partial charge is 0.270 e. The van der Waals surface area contributed by atoms with Crippen molar-refractivity contribution in [2.45, 2.75) is 19.5 Å². The third-order valence-corrected chi connectivity index (χ3v) is 5.84. The van der Waals surface area contributed by atoms with Crippen molar-refractivity contribution in [3.8, 4) is 11.1 Å². The molecule has 2 heterocycles. The van der Waals surface area contributed by atoms with Crippen molar-refractivity contribution in [3.63, 3.8) is 0 Å². The maximum absolute atomic E-state index is 13.0. The summed E-state index contributed by atoms with van der Waals surface area (Å²) in [5.41, 5.74) is 3.69. The van der Waals surface area contributed by atoms with E-state index >= 15 is 0 Å². The average Bonchev–Trinajstić information content (AvgIpc) is 3.05. The number of aryl methyl sites for hydroxylation is 1. The first-order valence-corrected chi connectivity index (χ1v) is 9.41. The number of alkyl halides is 1. The van der Waals surface area contributed by atoms with Gasteiger partial charge in [-0.05, 0) is 48.2 Å². The molecule has 1 N–H and O–H groups in total. The fourth-order valence-corrected chi connectivity index (χ4v) is 4.24. The van der Waals surface area contributed by atoms with E-state index in [9.17, 15) is 14.0 Å². The predicted octanol–water partition coefficient (Wildman–Crippen LogP) is 2.51. The molecule has 2 unspecified atom stereocenters. The van der Waals surface area contributed by atoms with Gasteiger partial charge in [0.2, 0.25) is 5.91 Å². The third kappa shape index (κ3) is 2.75. The number of amides is 2. The molecule has 27 heavy (non-hydrogen) atoms. The molecule has 2 aromatic carbocycles. The molecule has 134 valence electrons. The lowest BCUT2D eigenvalue weighted by Crippen LogP contribution is -2.24. The van der Waals surface area contributed by atoms with E-state index in [-0.39, 0.29) is 11.8 Å². The number of carbonyl (C=O) groups excluding carboxylic acids is 2. The van der Waals surface area contributed by atoms with Crippen molar-refractivity contribution in [1.82, 2.24) is 4.98 Å². The first-order chi connectivity index (χ1) is 13.0. The Balaban J connectivity index is 1.56. The highest BCUT2D eigenvalue weighted by molar-refractivity contribution is 7.22. The van der Waals surface area contributed by atoms with Gasteiger partial charge in [-0.25, -0.2) is 14.4 Å². The summed E-state index contributed by atoms with van der Waals surface area (Å²) in [7, 11) is 0. The molecule has 1 aliphatic carbocycles. The summed E-state index contributed by atoms with van der Waals surface area (Å²) >= 11 is 1.36. The van der Waals surface area contributed by atoms with Crippen molar-refractivity contribution in [1.29, 1.82) is 0 Å². The minimum Gasteiger partial charge on any atom is -0.302 e. The maximum Gasteiger partial charge on any atom is 0.270 e. The van der Waals surface area contributed by atoms with E-state index in [4.69, 9.17) is 0 Å². The Morgan fingerprint density at radius 3 is 2.89 bits per heavy atom. The summed E-state index contributed by atoms with van der Waals surface area (Å²) in [4.78, 5) is 32.1. The highest BCUT2D eigenvalue weighted by Gasteiger charge is 2.43. The summed E-state index contributed by atoms with van der Waals surface area (Å²) in [5, 5.41) is 4.68. The first kappa shape index (κ1) is 16.3. The molecule has 1 aromatic heterocycles. The summed E-state index contributed by atoms with van der Waals surface area (Å²) in [6, 6.07) is 9.66. The molecule has 5 nitrogen and oxygen atoms in total. The zero-order valence-electron chi connectivity index (χ0n) is 14.3. The number of hydrogen-bond acceptors (Lipinski definition) is 4. The Bertz CT molecular complexity index is 1260. The van der Waals surface area contributed by atoms with Crippen LogP contribution in [0.3, 0.4) is 0 Å². The number of halogens is 1. The van der Waals surface area contributed by atoms with Crippen molar-refractivity contribution < 1.29 is 14.0 Å². The van der Waals surface area contributed by atoms with Gasteiger partial charge in [0.15, 0.2) is 5.13 Å². The van der Waals surface area contributed by atoms with Crippen LogP contribution in [-0.2, 0) is 9.59 Å². The molecule has 2 atom stereocenters. The number of benzene rings is 2. The lowest BCUT2D eigenvalue weighted by Gasteiger charge is -2.06. The second kappa shape index (κ2) is 5.79. The van der Waals surface area contributed by atoms with E-state index in [1.807, 2.05) is 37.3 Å². The molecule has 0 radical (unpaired) electrons. The van der Waals surface area contributed by atoms with Crippen LogP contribution >= 0.6 is 11.3 Å². The number of anilines is 1. The normalized spacial score (nSPS) is 20.1. The van der Waals surface area contributed by atoms with Gasteiger partial charge in [-0.3, -0.25) is 9.59 Å². The number of thiazole rings is 1. The van der Waals surface area contributed by atoms with Gasteiger partial charge in [0, 0.05) is 11.3 Å². The van der Waals surface area contributed by atoms with Crippen LogP contribution in [-0.4, -0.2) is 23.0 Å². The second-order valence-corrected chi connectivity index (χ2v) is 7.86. The quantitative estimate of drug-likeness (QED) is 0.760. The maximum atomic E-state index is 13.0. The average molecular weight is 379 g/mol. The van der Waals surface area contributed by atoms with Gasteiger partial charge >= 0.3 is 0 Å². The zero-order valence-corrected chi connectivity index (χ0v) is 15.1. The van der Waals surface area contributed by atoms with E-state index in [0.29, 0.717) is 16.9 Å². The predicted molar refractivity (Wildman–Crippen MR) is 102 cm³/mol. The molecular weight excluding hydrogens is 365 g/mol. The van der Waals surface area contributed by atoms with Gasteiger partial charge in [0.05, 0.1) is 21.5 Å². The molecule has 5 rings (SSSR count). The van der Waals surface area contributed by atoms with Crippen molar-refractivity contribution in [2.24, 2.45) is 10.9 Å². The number of nitrogens with zero attached hydrogens (tertiary/aromatic N) is 2. The molecule has 0 bridgehead atoms. The van der Waals surface area contributed by atoms with Crippen LogP contribution in [0.1, 0.15) is 12.0 Å². The number of carbonyl (C=O) groups is 2. The van der Waals surface area contributed by atoms with Crippen LogP contribution in [0.15, 0.2) is 35.3 Å². The lowest BCUT2D eigenvalue weighted by atomic mass is 9.97. The summed E-state index contributed by atoms with van der Waals surface area (Å²) in [6.45, 7) is 1.99. The van der Waals surface area contributed by atoms with Crippen molar-refractivity contribution in [3.05, 3.63) is 46.5 Å². The number of aromatic nitrogens is 1. The van der Waals surface area contributed by atoms with E-state index < -0.39 is 12.1 Å². The van der Waals surface area contributed by atoms with Crippen LogP contribution in [0.2, 0.25) is 0 Å². The molecule has 1 fully saturated rings. The van der Waals surface area contributed by atoms with Gasteiger partial charge in [-0.15, -0.1) is 0 Å². The molecule has 7 heteroatoms. The molecule has 1 saturated carbocycles. The summed E-state index contributed by atoms with van der Waals surface area (Å²) in [5.74, 6) is -1.10. The number of hydrogen-bond donors (Lipinski definition) is 1. The SMILES string of the molecule is Cc1ccc2c(c1-c1ccc3sc(NC(=O)C4CC4F)nc3c1)=CC(=O)N=2. The van der Waals surface area contributed by atoms with E-state index in [0.717, 1.165) is 32.1 Å². The van der Waals surface area contributed by atoms with E-state index in [1.54, 1.807) is 6.08 Å². The topological polar surface area (TPSA) is 71.4 Å². The lowest BCUT2D eigenvalue weighted by molar-refractivity contribution is -0.117. The van der Waals surface area contributed by atoms with Crippen molar-refractivity contribution >= 4 is 44.6 Å². The first-order valence-electron chi connectivity index (χ1n) is 8.59. The standard InChI is InChI=1S/C20H14FN3O2S/c1-9-2-4-14-12(8-17(25)22-14)18(9)10-3-5-16-15(6-10)23-20(27-16)24-19(26)11-7-13(11)21/h2-6,8,11,13H,7H2,1H3,(H,23,24,26). The number of rotatable bonds is 3. The Morgan fingerprint density at radius 1 is 1.30 bits per heavy atom. The van der Waals surface area contributed by atoms with Gasteiger partial charge in [-0.2, -0.15) is 0 Å². The molecule has 2 amide bonds. The molecular formula is C20H14FN3O2S. The van der Waals surface area contributed by atoms with Gasteiger partial charge in [0.25, 0.3) is 5.91 Å². The van der Waals surface area contributed by atoms with Crippen molar-refractivity contribution in [2.75, 3.05) is 5.32 Å². The molecule has 0 spiro atoms. The van der Waals surface area contributed by atoms with Crippen LogP contribution in [0, 0.1) is 12.8 Å². The fraction of sp³-hybridized carbons (Fsp3) is 0.200. The minimum atomic E-state index is -1.03. The fourth-order valence-electron chi connectivity index (χ4n) is 3.39. The van der Waals surface area contributed by atoms with Crippen LogP contribution in [0.25, 0.3) is 27.4 Å². The van der Waals surface area contributed by atoms with E-state index in [2.05, 4.69) is 15.3 Å². The molecule has 0 saturated heterocycles. The Morgan fingerprint density at radius 2 is 2.11 bits per heavy atom. The zero-order chi connectivity index (χ0) is 18.7. The Hall–Kier alpha value is -2.93. The van der Waals surface area contributed by atoms with Gasteiger partial charge in [-0.1, -0.05) is 23.5 Å². The van der Waals surface area contributed by atoms with Crippen LogP contribution in [0.4, 0.5) is 9.52 Å². The number of fused-ring (bicyclic) bond motifs is 2. The highest BCUT2D eigenvalue weighted by atomic mass is 32.1. The highest BCUT2D eigenvalue weighted by Crippen LogP contribution is 2.36.